The Morgan fingerprint density at radius 3 is 2.00 bits per heavy atom. The molecule has 0 amide bonds. The molecule has 0 bridgehead atoms. The molecule has 1 unspecified atom stereocenters. The summed E-state index contributed by atoms with van der Waals surface area (Å²) in [5.41, 5.74) is -0.972. The first-order valence-corrected chi connectivity index (χ1v) is 2.80. The zero-order valence-electron chi connectivity index (χ0n) is 5.96. The van der Waals surface area contributed by atoms with Crippen LogP contribution in [-0.4, -0.2) is 28.5 Å². The highest BCUT2D eigenvalue weighted by Crippen LogP contribution is 2.14. The molecule has 4 nitrogen and oxygen atoms in total. The minimum absolute atomic E-state index is 0.0764. The fourth-order valence-electron chi connectivity index (χ4n) is 0.367. The molecule has 56 valence electrons. The van der Waals surface area contributed by atoms with Gasteiger partial charge < -0.3 is 4.74 Å². The van der Waals surface area contributed by atoms with Crippen molar-refractivity contribution in [1.29, 1.82) is 0 Å². The number of rotatable bonds is 3. The van der Waals surface area contributed by atoms with Gasteiger partial charge in [0.2, 0.25) is 0 Å². The summed E-state index contributed by atoms with van der Waals surface area (Å²) in [6, 6.07) is 0. The lowest BCUT2D eigenvalue weighted by Gasteiger charge is -2.29. The SMILES string of the molecule is CCC(C)(OC)N(O)O. The first kappa shape index (κ1) is 8.84. The maximum atomic E-state index is 8.54. The summed E-state index contributed by atoms with van der Waals surface area (Å²) in [6.45, 7) is 3.37. The Balaban J connectivity index is 3.92. The Labute approximate surface area is 54.6 Å². The highest BCUT2D eigenvalue weighted by Gasteiger charge is 2.27. The Morgan fingerprint density at radius 1 is 1.56 bits per heavy atom. The van der Waals surface area contributed by atoms with E-state index >= 15 is 0 Å². The second-order valence-electron chi connectivity index (χ2n) is 2.02. The third-order valence-corrected chi connectivity index (χ3v) is 1.52. The second-order valence-corrected chi connectivity index (χ2v) is 2.02. The second kappa shape index (κ2) is 3.12. The van der Waals surface area contributed by atoms with Gasteiger partial charge in [-0.15, -0.1) is 0 Å². The van der Waals surface area contributed by atoms with Crippen LogP contribution >= 0.6 is 0 Å². The van der Waals surface area contributed by atoms with Gasteiger partial charge in [0.1, 0.15) is 0 Å². The number of hydrogen-bond donors (Lipinski definition) is 2. The molecular formula is C5H13NO3. The number of methoxy groups -OCH3 is 1. The molecule has 0 aromatic heterocycles. The normalized spacial score (nSPS) is 18.0. The fraction of sp³-hybridized carbons (Fsp3) is 1.00. The van der Waals surface area contributed by atoms with Gasteiger partial charge in [0.05, 0.1) is 0 Å². The molecule has 0 aromatic carbocycles. The smallest absolute Gasteiger partial charge is 0.166 e. The number of hydrogen-bond acceptors (Lipinski definition) is 4. The third-order valence-electron chi connectivity index (χ3n) is 1.52. The zero-order chi connectivity index (χ0) is 7.49. The summed E-state index contributed by atoms with van der Waals surface area (Å²) in [5, 5.41) is 17.1. The van der Waals surface area contributed by atoms with Crippen LogP contribution in [0.4, 0.5) is 0 Å². The van der Waals surface area contributed by atoms with E-state index in [2.05, 4.69) is 0 Å². The molecule has 0 aliphatic rings. The average Bonchev–Trinajstić information content (AvgIpc) is 1.86. The maximum Gasteiger partial charge on any atom is 0.166 e. The van der Waals surface area contributed by atoms with Crippen LogP contribution in [0.3, 0.4) is 0 Å². The highest BCUT2D eigenvalue weighted by atomic mass is 16.8. The lowest BCUT2D eigenvalue weighted by atomic mass is 10.2. The van der Waals surface area contributed by atoms with Gasteiger partial charge in [0.15, 0.2) is 5.72 Å². The van der Waals surface area contributed by atoms with Gasteiger partial charge in [-0.25, -0.2) is 0 Å². The predicted octanol–water partition coefficient (Wildman–Crippen LogP) is 0.839. The van der Waals surface area contributed by atoms with Crippen molar-refractivity contribution >= 4 is 0 Å². The van der Waals surface area contributed by atoms with Crippen molar-refractivity contribution in [3.8, 4) is 0 Å². The van der Waals surface area contributed by atoms with E-state index in [1.165, 1.54) is 7.11 Å². The molecule has 0 saturated carbocycles. The Bertz CT molecular complexity index is 80.3. The van der Waals surface area contributed by atoms with E-state index < -0.39 is 5.72 Å². The molecule has 0 aliphatic heterocycles. The van der Waals surface area contributed by atoms with Crippen molar-refractivity contribution in [3.05, 3.63) is 0 Å². The molecule has 0 heterocycles. The number of ether oxygens (including phenoxy) is 1. The lowest BCUT2D eigenvalue weighted by Crippen LogP contribution is -2.43. The molecular weight excluding hydrogens is 122 g/mol. The fourth-order valence-corrected chi connectivity index (χ4v) is 0.367. The molecule has 0 spiro atoms. The van der Waals surface area contributed by atoms with Crippen molar-refractivity contribution in [2.45, 2.75) is 26.0 Å². The highest BCUT2D eigenvalue weighted by molar-refractivity contribution is 4.61. The van der Waals surface area contributed by atoms with Gasteiger partial charge in [-0.2, -0.15) is 0 Å². The topological polar surface area (TPSA) is 52.9 Å². The summed E-state index contributed by atoms with van der Waals surface area (Å²) in [6.07, 6.45) is 0.510. The van der Waals surface area contributed by atoms with E-state index in [0.717, 1.165) is 0 Å². The van der Waals surface area contributed by atoms with E-state index in [-0.39, 0.29) is 5.23 Å². The van der Waals surface area contributed by atoms with Gasteiger partial charge in [-0.3, -0.25) is 10.4 Å². The molecule has 0 aliphatic carbocycles. The summed E-state index contributed by atoms with van der Waals surface area (Å²) < 4.78 is 4.77. The molecule has 4 heteroatoms. The van der Waals surface area contributed by atoms with E-state index in [0.29, 0.717) is 6.42 Å². The van der Waals surface area contributed by atoms with E-state index in [1.807, 2.05) is 0 Å². The van der Waals surface area contributed by atoms with Gasteiger partial charge in [0, 0.05) is 7.11 Å². The van der Waals surface area contributed by atoms with Crippen molar-refractivity contribution in [2.75, 3.05) is 7.11 Å². The van der Waals surface area contributed by atoms with Gasteiger partial charge in [-0.05, 0) is 18.6 Å². The van der Waals surface area contributed by atoms with Crippen molar-refractivity contribution in [1.82, 2.24) is 5.23 Å². The van der Waals surface area contributed by atoms with Crippen LogP contribution in [0.1, 0.15) is 20.3 Å². The van der Waals surface area contributed by atoms with E-state index in [1.54, 1.807) is 13.8 Å². The van der Waals surface area contributed by atoms with Gasteiger partial charge in [0.25, 0.3) is 0 Å². The molecule has 1 atom stereocenters. The number of hydroxylamine groups is 2. The van der Waals surface area contributed by atoms with Crippen molar-refractivity contribution in [2.24, 2.45) is 0 Å². The molecule has 9 heavy (non-hydrogen) atoms. The maximum absolute atomic E-state index is 8.54. The third kappa shape index (κ3) is 1.91. The van der Waals surface area contributed by atoms with Crippen LogP contribution < -0.4 is 0 Å². The summed E-state index contributed by atoms with van der Waals surface area (Å²) in [4.78, 5) is 0. The van der Waals surface area contributed by atoms with E-state index in [9.17, 15) is 0 Å². The Morgan fingerprint density at radius 2 is 2.00 bits per heavy atom. The molecule has 0 aromatic rings. The average molecular weight is 135 g/mol. The standard InChI is InChI=1S/C5H13NO3/c1-4-5(2,9-3)6(7)8/h7-8H,4H2,1-3H3. The Kier molecular flexibility index (Phi) is 3.07. The molecule has 0 rings (SSSR count). The van der Waals surface area contributed by atoms with Crippen LogP contribution in [0.2, 0.25) is 0 Å². The van der Waals surface area contributed by atoms with Gasteiger partial charge >= 0.3 is 0 Å². The summed E-state index contributed by atoms with van der Waals surface area (Å²) in [5.74, 6) is 0. The first-order valence-electron chi connectivity index (χ1n) is 2.80. The van der Waals surface area contributed by atoms with Crippen molar-refractivity contribution in [3.63, 3.8) is 0 Å². The molecule has 0 radical (unpaired) electrons. The van der Waals surface area contributed by atoms with Crippen LogP contribution in [0.15, 0.2) is 0 Å². The Hall–Kier alpha value is -0.160. The van der Waals surface area contributed by atoms with Crippen molar-refractivity contribution < 1.29 is 15.2 Å². The van der Waals surface area contributed by atoms with Crippen LogP contribution in [-0.2, 0) is 4.74 Å². The van der Waals surface area contributed by atoms with Gasteiger partial charge in [-0.1, -0.05) is 6.92 Å². The summed E-state index contributed by atoms with van der Waals surface area (Å²) in [7, 11) is 1.42. The molecule has 2 N–H and O–H groups in total. The minimum Gasteiger partial charge on any atom is -0.359 e. The minimum atomic E-state index is -0.972. The van der Waals surface area contributed by atoms with E-state index in [4.69, 9.17) is 15.2 Å². The summed E-state index contributed by atoms with van der Waals surface area (Å²) >= 11 is 0. The molecule has 0 fully saturated rings. The molecule has 0 saturated heterocycles. The first-order chi connectivity index (χ1) is 4.06. The zero-order valence-corrected chi connectivity index (χ0v) is 5.96. The monoisotopic (exact) mass is 135 g/mol. The van der Waals surface area contributed by atoms with Crippen LogP contribution in [0.25, 0.3) is 0 Å². The quantitative estimate of drug-likeness (QED) is 0.444. The number of nitrogens with zero attached hydrogens (tertiary/aromatic N) is 1. The van der Waals surface area contributed by atoms with Crippen LogP contribution in [0.5, 0.6) is 0 Å². The lowest BCUT2D eigenvalue weighted by molar-refractivity contribution is -0.413. The predicted molar refractivity (Wildman–Crippen MR) is 31.1 cm³/mol. The largest absolute Gasteiger partial charge is 0.359 e. The van der Waals surface area contributed by atoms with Crippen LogP contribution in [0, 0.1) is 0 Å².